The van der Waals surface area contributed by atoms with E-state index in [9.17, 15) is 13.2 Å². The van der Waals surface area contributed by atoms with Crippen LogP contribution < -0.4 is 10.6 Å². The molecule has 2 N–H and O–H groups in total. The van der Waals surface area contributed by atoms with Crippen LogP contribution in [0.3, 0.4) is 0 Å². The fraction of sp³-hybridized carbons (Fsp3) is 0.538. The first-order valence-electron chi connectivity index (χ1n) is 6.01. The zero-order valence-corrected chi connectivity index (χ0v) is 10.7. The molecule has 18 heavy (non-hydrogen) atoms. The minimum atomic E-state index is -4.35. The fourth-order valence-electron chi connectivity index (χ4n) is 1.77. The van der Waals surface area contributed by atoms with Gasteiger partial charge in [0.15, 0.2) is 0 Å². The summed E-state index contributed by atoms with van der Waals surface area (Å²) in [7, 11) is 1.80. The second-order valence-electron chi connectivity index (χ2n) is 4.32. The SMILES string of the molecule is CCCCN(C)c1ccc(CN)c(C(F)(F)F)c1. The Hall–Kier alpha value is -1.23. The molecule has 5 heteroatoms. The molecule has 0 aromatic heterocycles. The Morgan fingerprint density at radius 1 is 1.28 bits per heavy atom. The standard InChI is InChI=1S/C13H19F3N2/c1-3-4-7-18(2)11-6-5-10(9-17)12(8-11)13(14,15)16/h5-6,8H,3-4,7,9,17H2,1-2H3. The lowest BCUT2D eigenvalue weighted by Gasteiger charge is -2.21. The summed E-state index contributed by atoms with van der Waals surface area (Å²) in [6.07, 6.45) is -2.38. The summed E-state index contributed by atoms with van der Waals surface area (Å²) in [5.41, 5.74) is 5.42. The molecule has 1 aromatic rings. The molecule has 0 radical (unpaired) electrons. The molecule has 0 saturated heterocycles. The third-order valence-corrected chi connectivity index (χ3v) is 2.91. The van der Waals surface area contributed by atoms with Gasteiger partial charge in [0.25, 0.3) is 0 Å². The summed E-state index contributed by atoms with van der Waals surface area (Å²) >= 11 is 0. The van der Waals surface area contributed by atoms with Gasteiger partial charge in [0.1, 0.15) is 0 Å². The van der Waals surface area contributed by atoms with Crippen molar-refractivity contribution in [2.45, 2.75) is 32.5 Å². The molecule has 0 aliphatic carbocycles. The first-order valence-corrected chi connectivity index (χ1v) is 6.01. The van der Waals surface area contributed by atoms with Crippen LogP contribution in [0.2, 0.25) is 0 Å². The highest BCUT2D eigenvalue weighted by molar-refractivity contribution is 5.51. The number of hydrogen-bond donors (Lipinski definition) is 1. The smallest absolute Gasteiger partial charge is 0.375 e. The third-order valence-electron chi connectivity index (χ3n) is 2.91. The maximum Gasteiger partial charge on any atom is 0.416 e. The van der Waals surface area contributed by atoms with E-state index in [-0.39, 0.29) is 12.1 Å². The Labute approximate surface area is 106 Å². The minimum absolute atomic E-state index is 0.103. The highest BCUT2D eigenvalue weighted by Gasteiger charge is 2.33. The van der Waals surface area contributed by atoms with E-state index in [1.807, 2.05) is 11.8 Å². The Kier molecular flexibility index (Phi) is 5.02. The van der Waals surface area contributed by atoms with Crippen molar-refractivity contribution in [2.75, 3.05) is 18.5 Å². The summed E-state index contributed by atoms with van der Waals surface area (Å²) < 4.78 is 38.6. The fourth-order valence-corrected chi connectivity index (χ4v) is 1.77. The number of anilines is 1. The highest BCUT2D eigenvalue weighted by atomic mass is 19.4. The van der Waals surface area contributed by atoms with Crippen LogP contribution in [-0.4, -0.2) is 13.6 Å². The lowest BCUT2D eigenvalue weighted by atomic mass is 10.1. The molecule has 1 rings (SSSR count). The predicted molar refractivity (Wildman–Crippen MR) is 67.5 cm³/mol. The van der Waals surface area contributed by atoms with Crippen LogP contribution in [0.15, 0.2) is 18.2 Å². The Bertz CT molecular complexity index is 388. The molecular weight excluding hydrogens is 241 g/mol. The van der Waals surface area contributed by atoms with Gasteiger partial charge < -0.3 is 10.6 Å². The number of nitrogens with zero attached hydrogens (tertiary/aromatic N) is 1. The predicted octanol–water partition coefficient (Wildman–Crippen LogP) is 3.40. The number of alkyl halides is 3. The zero-order chi connectivity index (χ0) is 13.8. The third kappa shape index (κ3) is 3.63. The maximum absolute atomic E-state index is 12.9. The topological polar surface area (TPSA) is 29.3 Å². The first kappa shape index (κ1) is 14.8. The zero-order valence-electron chi connectivity index (χ0n) is 10.7. The van der Waals surface area contributed by atoms with Gasteiger partial charge in [0.05, 0.1) is 5.56 Å². The molecule has 0 aliphatic heterocycles. The molecular formula is C13H19F3N2. The largest absolute Gasteiger partial charge is 0.416 e. The van der Waals surface area contributed by atoms with E-state index in [4.69, 9.17) is 5.73 Å². The highest BCUT2D eigenvalue weighted by Crippen LogP contribution is 2.34. The van der Waals surface area contributed by atoms with Gasteiger partial charge in [-0.15, -0.1) is 0 Å². The Morgan fingerprint density at radius 3 is 2.44 bits per heavy atom. The summed E-state index contributed by atoms with van der Waals surface area (Å²) in [5.74, 6) is 0. The van der Waals surface area contributed by atoms with E-state index in [0.717, 1.165) is 19.4 Å². The molecule has 0 unspecified atom stereocenters. The molecule has 0 bridgehead atoms. The van der Waals surface area contributed by atoms with Gasteiger partial charge in [-0.2, -0.15) is 13.2 Å². The molecule has 2 nitrogen and oxygen atoms in total. The maximum atomic E-state index is 12.9. The van der Waals surface area contributed by atoms with Crippen LogP contribution in [0.4, 0.5) is 18.9 Å². The lowest BCUT2D eigenvalue weighted by Crippen LogP contribution is -2.20. The Balaban J connectivity index is 3.03. The van der Waals surface area contributed by atoms with E-state index in [1.165, 1.54) is 12.1 Å². The summed E-state index contributed by atoms with van der Waals surface area (Å²) in [4.78, 5) is 1.83. The number of hydrogen-bond acceptors (Lipinski definition) is 2. The normalized spacial score (nSPS) is 11.7. The molecule has 0 aliphatic rings. The van der Waals surface area contributed by atoms with Crippen molar-refractivity contribution in [3.63, 3.8) is 0 Å². The summed E-state index contributed by atoms with van der Waals surface area (Å²) in [5, 5.41) is 0. The second-order valence-corrected chi connectivity index (χ2v) is 4.32. The Morgan fingerprint density at radius 2 is 1.94 bits per heavy atom. The van der Waals surface area contributed by atoms with E-state index < -0.39 is 11.7 Å². The molecule has 1 aromatic carbocycles. The van der Waals surface area contributed by atoms with E-state index in [2.05, 4.69) is 0 Å². The van der Waals surface area contributed by atoms with Crippen LogP contribution >= 0.6 is 0 Å². The van der Waals surface area contributed by atoms with E-state index >= 15 is 0 Å². The van der Waals surface area contributed by atoms with Gasteiger partial charge in [-0.1, -0.05) is 19.4 Å². The van der Waals surface area contributed by atoms with E-state index in [1.54, 1.807) is 13.1 Å². The first-order chi connectivity index (χ1) is 8.40. The van der Waals surface area contributed by atoms with Gasteiger partial charge >= 0.3 is 6.18 Å². The minimum Gasteiger partial charge on any atom is -0.375 e. The summed E-state index contributed by atoms with van der Waals surface area (Å²) in [6.45, 7) is 2.69. The number of nitrogens with two attached hydrogens (primary N) is 1. The molecule has 0 amide bonds. The van der Waals surface area contributed by atoms with Crippen molar-refractivity contribution in [1.82, 2.24) is 0 Å². The van der Waals surface area contributed by atoms with Gasteiger partial charge in [0, 0.05) is 25.8 Å². The van der Waals surface area contributed by atoms with Crippen LogP contribution in [0, 0.1) is 0 Å². The number of rotatable bonds is 5. The van der Waals surface area contributed by atoms with Crippen LogP contribution in [0.5, 0.6) is 0 Å². The van der Waals surface area contributed by atoms with Crippen LogP contribution in [0.1, 0.15) is 30.9 Å². The molecule has 0 atom stereocenters. The second kappa shape index (κ2) is 6.09. The van der Waals surface area contributed by atoms with Crippen molar-refractivity contribution in [2.24, 2.45) is 5.73 Å². The van der Waals surface area contributed by atoms with Crippen molar-refractivity contribution in [3.8, 4) is 0 Å². The molecule has 0 heterocycles. The van der Waals surface area contributed by atoms with Crippen LogP contribution in [0.25, 0.3) is 0 Å². The lowest BCUT2D eigenvalue weighted by molar-refractivity contribution is -0.138. The van der Waals surface area contributed by atoms with E-state index in [0.29, 0.717) is 5.69 Å². The van der Waals surface area contributed by atoms with Crippen molar-refractivity contribution in [1.29, 1.82) is 0 Å². The van der Waals surface area contributed by atoms with Crippen molar-refractivity contribution in [3.05, 3.63) is 29.3 Å². The van der Waals surface area contributed by atoms with Gasteiger partial charge in [0.2, 0.25) is 0 Å². The molecule has 0 spiro atoms. The van der Waals surface area contributed by atoms with Gasteiger partial charge in [-0.3, -0.25) is 0 Å². The van der Waals surface area contributed by atoms with Gasteiger partial charge in [-0.25, -0.2) is 0 Å². The molecule has 102 valence electrons. The molecule has 0 fully saturated rings. The van der Waals surface area contributed by atoms with Crippen molar-refractivity contribution < 1.29 is 13.2 Å². The average molecular weight is 260 g/mol. The van der Waals surface area contributed by atoms with Crippen LogP contribution in [-0.2, 0) is 12.7 Å². The average Bonchev–Trinajstić information content (AvgIpc) is 2.34. The monoisotopic (exact) mass is 260 g/mol. The number of unbranched alkanes of at least 4 members (excludes halogenated alkanes) is 1. The molecule has 0 saturated carbocycles. The number of benzene rings is 1. The summed E-state index contributed by atoms with van der Waals surface area (Å²) in [6, 6.07) is 4.32. The van der Waals surface area contributed by atoms with Crippen molar-refractivity contribution >= 4 is 5.69 Å². The quantitative estimate of drug-likeness (QED) is 0.879. The number of halogens is 3. The van der Waals surface area contributed by atoms with Gasteiger partial charge in [-0.05, 0) is 24.1 Å².